The standard InChI is InChI=1S/C26H24N2O3S/c1-30-18-6-7-22-20(13-18)21(14-27-22)16-8-10-28(11-9-16)26(29)24-12-17-15-31-23-5-3-2-4-19(23)25(17)32-24/h2-7,12-14,16,27H,8-11,15H2,1H3. The number of H-pyrrole nitrogens is 1. The lowest BCUT2D eigenvalue weighted by Crippen LogP contribution is -2.37. The minimum Gasteiger partial charge on any atom is -0.497 e. The van der Waals surface area contributed by atoms with Crippen molar-refractivity contribution >= 4 is 28.1 Å². The highest BCUT2D eigenvalue weighted by molar-refractivity contribution is 7.17. The number of likely N-dealkylation sites (tertiary alicyclic amines) is 1. The van der Waals surface area contributed by atoms with Crippen molar-refractivity contribution in [1.82, 2.24) is 9.88 Å². The maximum absolute atomic E-state index is 13.3. The Morgan fingerprint density at radius 3 is 2.84 bits per heavy atom. The molecule has 6 rings (SSSR count). The molecule has 4 aromatic rings. The van der Waals surface area contributed by atoms with Crippen LogP contribution in [0.25, 0.3) is 21.3 Å². The summed E-state index contributed by atoms with van der Waals surface area (Å²) in [6, 6.07) is 16.2. The van der Waals surface area contributed by atoms with Crippen LogP contribution in [-0.4, -0.2) is 36.0 Å². The Hall–Kier alpha value is -3.25. The molecule has 2 aromatic heterocycles. The molecule has 0 radical (unpaired) electrons. The van der Waals surface area contributed by atoms with Gasteiger partial charge in [0.15, 0.2) is 0 Å². The number of carbonyl (C=O) groups is 1. The minimum absolute atomic E-state index is 0.140. The van der Waals surface area contributed by atoms with E-state index in [-0.39, 0.29) is 5.91 Å². The molecule has 0 aliphatic carbocycles. The minimum atomic E-state index is 0.140. The highest BCUT2D eigenvalue weighted by atomic mass is 32.1. The first-order chi connectivity index (χ1) is 15.7. The van der Waals surface area contributed by atoms with E-state index in [9.17, 15) is 4.79 Å². The Morgan fingerprint density at radius 1 is 1.16 bits per heavy atom. The van der Waals surface area contributed by atoms with Crippen LogP contribution in [0.2, 0.25) is 0 Å². The van der Waals surface area contributed by atoms with E-state index in [1.807, 2.05) is 35.2 Å². The van der Waals surface area contributed by atoms with Crippen molar-refractivity contribution in [3.05, 3.63) is 70.7 Å². The molecule has 4 heterocycles. The number of amides is 1. The SMILES string of the molecule is COc1ccc2[nH]cc(C3CCN(C(=O)c4cc5c(s4)-c4ccccc4OC5)CC3)c2c1. The molecule has 2 aromatic carbocycles. The third kappa shape index (κ3) is 3.17. The Kier molecular flexibility index (Phi) is 4.68. The number of aromatic amines is 1. The summed E-state index contributed by atoms with van der Waals surface area (Å²) < 4.78 is 11.3. The van der Waals surface area contributed by atoms with Gasteiger partial charge in [-0.05, 0) is 60.7 Å². The molecular formula is C26H24N2O3S. The fourth-order valence-electron chi connectivity index (χ4n) is 4.94. The lowest BCUT2D eigenvalue weighted by molar-refractivity contribution is 0.0718. The van der Waals surface area contributed by atoms with Gasteiger partial charge in [-0.3, -0.25) is 4.79 Å². The molecule has 0 bridgehead atoms. The number of nitrogens with one attached hydrogen (secondary N) is 1. The first kappa shape index (κ1) is 19.4. The van der Waals surface area contributed by atoms with E-state index >= 15 is 0 Å². The molecule has 0 unspecified atom stereocenters. The topological polar surface area (TPSA) is 54.6 Å². The number of thiophene rings is 1. The van der Waals surface area contributed by atoms with Crippen molar-refractivity contribution in [2.45, 2.75) is 25.4 Å². The van der Waals surface area contributed by atoms with E-state index in [1.165, 1.54) is 10.9 Å². The van der Waals surface area contributed by atoms with Crippen molar-refractivity contribution < 1.29 is 14.3 Å². The maximum Gasteiger partial charge on any atom is 0.263 e. The van der Waals surface area contributed by atoms with Gasteiger partial charge in [0.25, 0.3) is 5.91 Å². The molecule has 1 N–H and O–H groups in total. The quantitative estimate of drug-likeness (QED) is 0.433. The van der Waals surface area contributed by atoms with Crippen LogP contribution in [-0.2, 0) is 6.61 Å². The number of fused-ring (bicyclic) bond motifs is 4. The molecule has 6 heteroatoms. The van der Waals surface area contributed by atoms with Crippen LogP contribution < -0.4 is 9.47 Å². The monoisotopic (exact) mass is 444 g/mol. The van der Waals surface area contributed by atoms with Crippen LogP contribution in [0.4, 0.5) is 0 Å². The third-order valence-electron chi connectivity index (χ3n) is 6.68. The van der Waals surface area contributed by atoms with Crippen LogP contribution in [0.3, 0.4) is 0 Å². The third-order valence-corrected chi connectivity index (χ3v) is 7.88. The highest BCUT2D eigenvalue weighted by Gasteiger charge is 2.29. The van der Waals surface area contributed by atoms with Gasteiger partial charge in [0, 0.05) is 46.2 Å². The summed E-state index contributed by atoms with van der Waals surface area (Å²) in [5.74, 6) is 2.35. The van der Waals surface area contributed by atoms with E-state index in [0.717, 1.165) is 63.8 Å². The predicted molar refractivity (Wildman–Crippen MR) is 127 cm³/mol. The molecule has 0 atom stereocenters. The van der Waals surface area contributed by atoms with Gasteiger partial charge in [-0.25, -0.2) is 0 Å². The zero-order chi connectivity index (χ0) is 21.7. The lowest BCUT2D eigenvalue weighted by Gasteiger charge is -2.31. The fourth-order valence-corrected chi connectivity index (χ4v) is 6.11. The summed E-state index contributed by atoms with van der Waals surface area (Å²) in [5, 5.41) is 1.22. The molecule has 2 aliphatic heterocycles. The number of para-hydroxylation sites is 1. The van der Waals surface area contributed by atoms with Crippen molar-refractivity contribution in [3.63, 3.8) is 0 Å². The molecule has 5 nitrogen and oxygen atoms in total. The Bertz CT molecular complexity index is 1310. The number of ether oxygens (including phenoxy) is 2. The summed E-state index contributed by atoms with van der Waals surface area (Å²) >= 11 is 1.59. The van der Waals surface area contributed by atoms with E-state index < -0.39 is 0 Å². The lowest BCUT2D eigenvalue weighted by atomic mass is 9.89. The van der Waals surface area contributed by atoms with Crippen molar-refractivity contribution in [2.75, 3.05) is 20.2 Å². The normalized spacial score (nSPS) is 15.8. The zero-order valence-corrected chi connectivity index (χ0v) is 18.7. The van der Waals surface area contributed by atoms with E-state index in [1.54, 1.807) is 18.4 Å². The van der Waals surface area contributed by atoms with Crippen LogP contribution in [0.1, 0.15) is 39.6 Å². The highest BCUT2D eigenvalue weighted by Crippen LogP contribution is 2.43. The van der Waals surface area contributed by atoms with Crippen molar-refractivity contribution in [3.8, 4) is 21.9 Å². The number of methoxy groups -OCH3 is 1. The fraction of sp³-hybridized carbons (Fsp3) is 0.269. The summed E-state index contributed by atoms with van der Waals surface area (Å²) in [4.78, 5) is 20.7. The molecule has 1 fully saturated rings. The number of aromatic nitrogens is 1. The van der Waals surface area contributed by atoms with E-state index in [4.69, 9.17) is 9.47 Å². The number of nitrogens with zero attached hydrogens (tertiary/aromatic N) is 1. The maximum atomic E-state index is 13.3. The Morgan fingerprint density at radius 2 is 2.00 bits per heavy atom. The summed E-state index contributed by atoms with van der Waals surface area (Å²) in [7, 11) is 1.70. The number of carbonyl (C=O) groups excluding carboxylic acids is 1. The number of hydrogen-bond acceptors (Lipinski definition) is 4. The average Bonchev–Trinajstić information content (AvgIpc) is 3.48. The molecule has 2 aliphatic rings. The largest absolute Gasteiger partial charge is 0.497 e. The molecule has 32 heavy (non-hydrogen) atoms. The molecule has 0 saturated carbocycles. The van der Waals surface area contributed by atoms with Crippen LogP contribution in [0, 0.1) is 0 Å². The second-order valence-corrected chi connectivity index (χ2v) is 9.52. The molecule has 162 valence electrons. The predicted octanol–water partition coefficient (Wildman–Crippen LogP) is 5.82. The van der Waals surface area contributed by atoms with Gasteiger partial charge < -0.3 is 19.4 Å². The van der Waals surface area contributed by atoms with E-state index in [2.05, 4.69) is 29.4 Å². The molecular weight excluding hydrogens is 420 g/mol. The molecule has 1 saturated heterocycles. The number of rotatable bonds is 3. The average molecular weight is 445 g/mol. The first-order valence-electron chi connectivity index (χ1n) is 11.0. The summed E-state index contributed by atoms with van der Waals surface area (Å²) in [5.41, 5.74) is 4.66. The van der Waals surface area contributed by atoms with Gasteiger partial charge in [0.05, 0.1) is 12.0 Å². The van der Waals surface area contributed by atoms with Crippen molar-refractivity contribution in [1.29, 1.82) is 0 Å². The van der Waals surface area contributed by atoms with Crippen LogP contribution in [0.5, 0.6) is 11.5 Å². The summed E-state index contributed by atoms with van der Waals surface area (Å²) in [6.45, 7) is 2.08. The second kappa shape index (κ2) is 7.71. The number of hydrogen-bond donors (Lipinski definition) is 1. The molecule has 0 spiro atoms. The van der Waals surface area contributed by atoms with Gasteiger partial charge in [-0.2, -0.15) is 0 Å². The van der Waals surface area contributed by atoms with E-state index in [0.29, 0.717) is 12.5 Å². The van der Waals surface area contributed by atoms with Crippen molar-refractivity contribution in [2.24, 2.45) is 0 Å². The zero-order valence-electron chi connectivity index (χ0n) is 17.9. The summed E-state index contributed by atoms with van der Waals surface area (Å²) in [6.07, 6.45) is 4.05. The number of piperidine rings is 1. The van der Waals surface area contributed by atoms with Crippen LogP contribution in [0.15, 0.2) is 54.7 Å². The Labute approximate surface area is 190 Å². The van der Waals surface area contributed by atoms with Gasteiger partial charge in [-0.15, -0.1) is 11.3 Å². The van der Waals surface area contributed by atoms with Gasteiger partial charge >= 0.3 is 0 Å². The van der Waals surface area contributed by atoms with Gasteiger partial charge in [0.1, 0.15) is 18.1 Å². The van der Waals surface area contributed by atoms with Crippen LogP contribution >= 0.6 is 11.3 Å². The van der Waals surface area contributed by atoms with Gasteiger partial charge in [-0.1, -0.05) is 12.1 Å². The second-order valence-electron chi connectivity index (χ2n) is 8.47. The number of benzene rings is 2. The Balaban J connectivity index is 1.19. The smallest absolute Gasteiger partial charge is 0.263 e. The van der Waals surface area contributed by atoms with Gasteiger partial charge in [0.2, 0.25) is 0 Å². The first-order valence-corrected chi connectivity index (χ1v) is 11.8. The molecule has 1 amide bonds.